The highest BCUT2D eigenvalue weighted by molar-refractivity contribution is 7.10. The summed E-state index contributed by atoms with van der Waals surface area (Å²) >= 11 is 1.32. The molecule has 0 radical (unpaired) electrons. The minimum atomic E-state index is 0.636. The van der Waals surface area contributed by atoms with Gasteiger partial charge in [0.25, 0.3) is 0 Å². The quantitative estimate of drug-likeness (QED) is 0.900. The van der Waals surface area contributed by atoms with Gasteiger partial charge in [0.2, 0.25) is 0 Å². The highest BCUT2D eigenvalue weighted by Gasteiger charge is 2.10. The van der Waals surface area contributed by atoms with Crippen molar-refractivity contribution in [1.82, 2.24) is 14.2 Å². The van der Waals surface area contributed by atoms with Gasteiger partial charge >= 0.3 is 0 Å². The molecule has 0 spiro atoms. The van der Waals surface area contributed by atoms with Crippen LogP contribution in [0.15, 0.2) is 6.20 Å². The van der Waals surface area contributed by atoms with Crippen molar-refractivity contribution >= 4 is 16.5 Å². The van der Waals surface area contributed by atoms with Crippen LogP contribution >= 0.6 is 11.5 Å². The van der Waals surface area contributed by atoms with Crippen LogP contribution in [0.1, 0.15) is 22.5 Å². The molecule has 0 fully saturated rings. The fraction of sp³-hybridized carbons (Fsp3) is 0.364. The monoisotopic (exact) mass is 247 g/mol. The second kappa shape index (κ2) is 4.55. The molecule has 0 unspecified atom stereocenters. The highest BCUT2D eigenvalue weighted by Crippen LogP contribution is 2.24. The molecule has 0 aliphatic carbocycles. The molecule has 17 heavy (non-hydrogen) atoms. The third kappa shape index (κ3) is 2.15. The number of rotatable bonds is 3. The normalized spacial score (nSPS) is 10.2. The Labute approximate surface area is 104 Å². The lowest BCUT2D eigenvalue weighted by atomic mass is 10.2. The van der Waals surface area contributed by atoms with Crippen LogP contribution in [0.5, 0.6) is 0 Å². The molecule has 5 nitrogen and oxygen atoms in total. The Hall–Kier alpha value is -1.87. The predicted octanol–water partition coefficient (Wildman–Crippen LogP) is 1.98. The van der Waals surface area contributed by atoms with E-state index in [4.69, 9.17) is 5.26 Å². The van der Waals surface area contributed by atoms with Crippen molar-refractivity contribution in [2.75, 3.05) is 5.32 Å². The van der Waals surface area contributed by atoms with E-state index in [-0.39, 0.29) is 0 Å². The Balaban J connectivity index is 2.13. The molecule has 1 N–H and O–H groups in total. The van der Waals surface area contributed by atoms with Crippen LogP contribution in [-0.4, -0.2) is 14.2 Å². The molecule has 2 aromatic rings. The zero-order chi connectivity index (χ0) is 12.4. The van der Waals surface area contributed by atoms with Gasteiger partial charge in [0.1, 0.15) is 16.6 Å². The summed E-state index contributed by atoms with van der Waals surface area (Å²) in [6, 6.07) is 2.16. The lowest BCUT2D eigenvalue weighted by molar-refractivity contribution is 0.738. The lowest BCUT2D eigenvalue weighted by Crippen LogP contribution is -2.01. The van der Waals surface area contributed by atoms with E-state index in [2.05, 4.69) is 20.9 Å². The lowest BCUT2D eigenvalue weighted by Gasteiger charge is -2.03. The van der Waals surface area contributed by atoms with Gasteiger partial charge in [-0.3, -0.25) is 4.68 Å². The molecule has 0 saturated carbocycles. The minimum absolute atomic E-state index is 0.636. The maximum Gasteiger partial charge on any atom is 0.127 e. The van der Waals surface area contributed by atoms with E-state index in [0.717, 1.165) is 22.0 Å². The summed E-state index contributed by atoms with van der Waals surface area (Å²) in [5.41, 5.74) is 3.67. The summed E-state index contributed by atoms with van der Waals surface area (Å²) in [4.78, 5) is 0. The largest absolute Gasteiger partial charge is 0.370 e. The number of nitrogens with zero attached hydrogens (tertiary/aromatic N) is 4. The van der Waals surface area contributed by atoms with Crippen molar-refractivity contribution in [3.05, 3.63) is 28.7 Å². The molecule has 0 atom stereocenters. The van der Waals surface area contributed by atoms with E-state index in [1.165, 1.54) is 11.5 Å². The van der Waals surface area contributed by atoms with E-state index >= 15 is 0 Å². The predicted molar refractivity (Wildman–Crippen MR) is 66.8 cm³/mol. The van der Waals surface area contributed by atoms with Gasteiger partial charge in [-0.2, -0.15) is 14.7 Å². The van der Waals surface area contributed by atoms with Crippen molar-refractivity contribution in [3.63, 3.8) is 0 Å². The maximum atomic E-state index is 9.00. The number of nitrogens with one attached hydrogen (secondary N) is 1. The Morgan fingerprint density at radius 2 is 2.29 bits per heavy atom. The first-order valence-electron chi connectivity index (χ1n) is 5.21. The molecule has 2 heterocycles. The van der Waals surface area contributed by atoms with E-state index in [1.807, 2.05) is 31.8 Å². The van der Waals surface area contributed by atoms with Crippen molar-refractivity contribution in [2.24, 2.45) is 7.05 Å². The third-order valence-corrected chi connectivity index (χ3v) is 3.65. The molecule has 2 rings (SSSR count). The number of anilines is 1. The molecule has 88 valence electrons. The van der Waals surface area contributed by atoms with E-state index in [9.17, 15) is 0 Å². The number of aromatic nitrogens is 3. The first-order chi connectivity index (χ1) is 8.13. The van der Waals surface area contributed by atoms with Crippen LogP contribution in [0.3, 0.4) is 0 Å². The molecule has 0 amide bonds. The average molecular weight is 247 g/mol. The molecule has 0 aliphatic heterocycles. The molecule has 0 bridgehead atoms. The Kier molecular flexibility index (Phi) is 3.11. The van der Waals surface area contributed by atoms with Gasteiger partial charge in [-0.15, -0.1) is 0 Å². The van der Waals surface area contributed by atoms with Gasteiger partial charge in [0.05, 0.1) is 11.9 Å². The van der Waals surface area contributed by atoms with Gasteiger partial charge in [-0.05, 0) is 25.4 Å². The SMILES string of the molecule is Cc1nsc(NCc2cnn(C)c2C)c1C#N. The summed E-state index contributed by atoms with van der Waals surface area (Å²) in [7, 11) is 1.91. The topological polar surface area (TPSA) is 66.5 Å². The maximum absolute atomic E-state index is 9.00. The fourth-order valence-electron chi connectivity index (χ4n) is 1.52. The Morgan fingerprint density at radius 1 is 1.53 bits per heavy atom. The van der Waals surface area contributed by atoms with Crippen molar-refractivity contribution < 1.29 is 0 Å². The number of aryl methyl sites for hydroxylation is 2. The van der Waals surface area contributed by atoms with Crippen molar-refractivity contribution in [2.45, 2.75) is 20.4 Å². The van der Waals surface area contributed by atoms with Gasteiger partial charge < -0.3 is 5.32 Å². The smallest absolute Gasteiger partial charge is 0.127 e. The van der Waals surface area contributed by atoms with E-state index in [0.29, 0.717) is 12.1 Å². The van der Waals surface area contributed by atoms with Crippen LogP contribution in [0.4, 0.5) is 5.00 Å². The summed E-state index contributed by atoms with van der Waals surface area (Å²) in [6.07, 6.45) is 1.84. The van der Waals surface area contributed by atoms with E-state index in [1.54, 1.807) is 0 Å². The molecule has 0 aliphatic rings. The van der Waals surface area contributed by atoms with Gasteiger partial charge in [0, 0.05) is 24.8 Å². The van der Waals surface area contributed by atoms with Crippen LogP contribution in [0, 0.1) is 25.2 Å². The Morgan fingerprint density at radius 3 is 2.88 bits per heavy atom. The van der Waals surface area contributed by atoms with Crippen LogP contribution in [0.2, 0.25) is 0 Å². The van der Waals surface area contributed by atoms with Gasteiger partial charge in [-0.25, -0.2) is 0 Å². The average Bonchev–Trinajstić information content (AvgIpc) is 2.82. The number of hydrogen-bond acceptors (Lipinski definition) is 5. The molecular formula is C11H13N5S. The van der Waals surface area contributed by atoms with Gasteiger partial charge in [-0.1, -0.05) is 0 Å². The number of hydrogen-bond donors (Lipinski definition) is 1. The number of nitriles is 1. The third-order valence-electron chi connectivity index (χ3n) is 2.75. The standard InChI is InChI=1S/C11H13N5S/c1-7-10(4-12)11(17-15-7)13-5-9-6-14-16(3)8(9)2/h6,13H,5H2,1-3H3. The zero-order valence-electron chi connectivity index (χ0n) is 9.98. The summed E-state index contributed by atoms with van der Waals surface area (Å²) in [5, 5.41) is 17.2. The van der Waals surface area contributed by atoms with Crippen molar-refractivity contribution in [1.29, 1.82) is 5.26 Å². The highest BCUT2D eigenvalue weighted by atomic mass is 32.1. The zero-order valence-corrected chi connectivity index (χ0v) is 10.8. The first-order valence-corrected chi connectivity index (χ1v) is 5.98. The van der Waals surface area contributed by atoms with Crippen LogP contribution in [-0.2, 0) is 13.6 Å². The minimum Gasteiger partial charge on any atom is -0.370 e. The van der Waals surface area contributed by atoms with Gasteiger partial charge in [0.15, 0.2) is 0 Å². The Bertz CT molecular complexity index is 575. The molecule has 0 saturated heterocycles. The second-order valence-corrected chi connectivity index (χ2v) is 4.59. The molecule has 6 heteroatoms. The second-order valence-electron chi connectivity index (χ2n) is 3.82. The van der Waals surface area contributed by atoms with Crippen molar-refractivity contribution in [3.8, 4) is 6.07 Å². The van der Waals surface area contributed by atoms with Crippen LogP contribution < -0.4 is 5.32 Å². The summed E-state index contributed by atoms with van der Waals surface area (Å²) < 4.78 is 6.00. The molecule has 2 aromatic heterocycles. The summed E-state index contributed by atoms with van der Waals surface area (Å²) in [6.45, 7) is 4.53. The van der Waals surface area contributed by atoms with E-state index < -0.39 is 0 Å². The fourth-order valence-corrected chi connectivity index (χ4v) is 2.26. The summed E-state index contributed by atoms with van der Waals surface area (Å²) in [5.74, 6) is 0. The first kappa shape index (κ1) is 11.6. The molecular weight excluding hydrogens is 234 g/mol. The molecule has 0 aromatic carbocycles. The van der Waals surface area contributed by atoms with Crippen LogP contribution in [0.25, 0.3) is 0 Å².